The Balaban J connectivity index is 1.39. The first-order valence-corrected chi connectivity index (χ1v) is 8.68. The highest BCUT2D eigenvalue weighted by Crippen LogP contribution is 2.27. The van der Waals surface area contributed by atoms with Crippen LogP contribution < -0.4 is 5.32 Å². The van der Waals surface area contributed by atoms with Crippen molar-refractivity contribution in [2.24, 2.45) is 0 Å². The number of aromatic nitrogens is 4. The van der Waals surface area contributed by atoms with Gasteiger partial charge in [0.2, 0.25) is 0 Å². The average molecular weight is 367 g/mol. The van der Waals surface area contributed by atoms with E-state index in [-0.39, 0.29) is 30.1 Å². The van der Waals surface area contributed by atoms with Crippen molar-refractivity contribution >= 4 is 5.91 Å². The molecule has 1 N–H and O–H groups in total. The monoisotopic (exact) mass is 367 g/mol. The second kappa shape index (κ2) is 7.63. The number of benzene rings is 1. The van der Waals surface area contributed by atoms with Gasteiger partial charge in [0.1, 0.15) is 11.9 Å². The summed E-state index contributed by atoms with van der Waals surface area (Å²) in [5.74, 6) is -0.573. The molecule has 0 radical (unpaired) electrons. The summed E-state index contributed by atoms with van der Waals surface area (Å²) in [4.78, 5) is 16.6. The lowest BCUT2D eigenvalue weighted by atomic mass is 10.1. The molecule has 7 nitrogen and oxygen atoms in total. The van der Waals surface area contributed by atoms with Crippen molar-refractivity contribution in [1.82, 2.24) is 25.3 Å². The van der Waals surface area contributed by atoms with Gasteiger partial charge in [-0.3, -0.25) is 9.78 Å². The maximum absolute atomic E-state index is 13.1. The van der Waals surface area contributed by atoms with Crippen molar-refractivity contribution in [3.05, 3.63) is 77.1 Å². The minimum absolute atomic E-state index is 0.220. The predicted molar refractivity (Wildman–Crippen MR) is 94.2 cm³/mol. The number of hydrogen-bond donors (Lipinski definition) is 1. The Morgan fingerprint density at radius 3 is 2.89 bits per heavy atom. The number of carbonyl (C=O) groups excluding carboxylic acids is 1. The third kappa shape index (κ3) is 3.85. The number of nitrogens with one attached hydrogen (secondary N) is 1. The van der Waals surface area contributed by atoms with E-state index in [2.05, 4.69) is 20.6 Å². The average Bonchev–Trinajstić information content (AvgIpc) is 3.12. The molecule has 3 aromatic rings. The SMILES string of the molecule is O=C(NCCc1ccccn1)c1nnn2c1COC(c1ccc(F)cc1)C2. The Kier molecular flexibility index (Phi) is 4.88. The maximum atomic E-state index is 13.1. The molecule has 0 saturated heterocycles. The number of halogens is 1. The number of amides is 1. The molecule has 8 heteroatoms. The summed E-state index contributed by atoms with van der Waals surface area (Å²) in [6, 6.07) is 11.8. The molecular formula is C19H18FN5O2. The van der Waals surface area contributed by atoms with Crippen LogP contribution in [0.5, 0.6) is 0 Å². The van der Waals surface area contributed by atoms with Crippen LogP contribution in [0.3, 0.4) is 0 Å². The van der Waals surface area contributed by atoms with E-state index in [0.29, 0.717) is 25.2 Å². The third-order valence-electron chi connectivity index (χ3n) is 4.45. The van der Waals surface area contributed by atoms with Gasteiger partial charge in [-0.15, -0.1) is 5.10 Å². The molecule has 1 unspecified atom stereocenters. The van der Waals surface area contributed by atoms with Crippen LogP contribution in [0.15, 0.2) is 48.7 Å². The minimum atomic E-state index is -0.291. The number of ether oxygens (including phenoxy) is 1. The molecule has 1 atom stereocenters. The van der Waals surface area contributed by atoms with Crippen molar-refractivity contribution in [2.75, 3.05) is 6.54 Å². The Bertz CT molecular complexity index is 927. The summed E-state index contributed by atoms with van der Waals surface area (Å²) in [6.07, 6.45) is 2.11. The van der Waals surface area contributed by atoms with E-state index in [4.69, 9.17) is 4.74 Å². The van der Waals surface area contributed by atoms with Gasteiger partial charge in [0.15, 0.2) is 5.69 Å². The lowest BCUT2D eigenvalue weighted by Crippen LogP contribution is -2.29. The van der Waals surface area contributed by atoms with Crippen LogP contribution in [0.4, 0.5) is 4.39 Å². The highest BCUT2D eigenvalue weighted by Gasteiger charge is 2.27. The van der Waals surface area contributed by atoms with E-state index in [1.54, 1.807) is 23.0 Å². The lowest BCUT2D eigenvalue weighted by molar-refractivity contribution is -0.00180. The second-order valence-corrected chi connectivity index (χ2v) is 6.25. The van der Waals surface area contributed by atoms with Gasteiger partial charge < -0.3 is 10.1 Å². The van der Waals surface area contributed by atoms with Crippen LogP contribution >= 0.6 is 0 Å². The molecule has 0 fully saturated rings. The van der Waals surface area contributed by atoms with Gasteiger partial charge in [-0.05, 0) is 29.8 Å². The third-order valence-corrected chi connectivity index (χ3v) is 4.45. The number of carbonyl (C=O) groups is 1. The van der Waals surface area contributed by atoms with Crippen molar-refractivity contribution in [1.29, 1.82) is 0 Å². The Hall–Kier alpha value is -3.13. The van der Waals surface area contributed by atoms with Gasteiger partial charge in [-0.2, -0.15) is 0 Å². The molecule has 27 heavy (non-hydrogen) atoms. The van der Waals surface area contributed by atoms with Crippen LogP contribution in [0.25, 0.3) is 0 Å². The first-order valence-electron chi connectivity index (χ1n) is 8.68. The quantitative estimate of drug-likeness (QED) is 0.746. The van der Waals surface area contributed by atoms with Crippen LogP contribution in [0.2, 0.25) is 0 Å². The molecule has 1 aliphatic rings. The van der Waals surface area contributed by atoms with E-state index >= 15 is 0 Å². The number of hydrogen-bond acceptors (Lipinski definition) is 5. The van der Waals surface area contributed by atoms with Crippen molar-refractivity contribution in [3.8, 4) is 0 Å². The normalized spacial score (nSPS) is 16.0. The number of nitrogens with zero attached hydrogens (tertiary/aromatic N) is 4. The van der Waals surface area contributed by atoms with E-state index in [1.165, 1.54) is 12.1 Å². The summed E-state index contributed by atoms with van der Waals surface area (Å²) >= 11 is 0. The second-order valence-electron chi connectivity index (χ2n) is 6.25. The fourth-order valence-electron chi connectivity index (χ4n) is 3.00. The highest BCUT2D eigenvalue weighted by molar-refractivity contribution is 5.93. The fraction of sp³-hybridized carbons (Fsp3) is 0.263. The topological polar surface area (TPSA) is 81.9 Å². The van der Waals surface area contributed by atoms with Crippen LogP contribution in [-0.2, 0) is 24.3 Å². The van der Waals surface area contributed by atoms with E-state index in [0.717, 1.165) is 11.3 Å². The smallest absolute Gasteiger partial charge is 0.273 e. The zero-order chi connectivity index (χ0) is 18.6. The number of rotatable bonds is 5. The summed E-state index contributed by atoms with van der Waals surface area (Å²) in [5, 5.41) is 10.9. The lowest BCUT2D eigenvalue weighted by Gasteiger charge is -2.24. The van der Waals surface area contributed by atoms with Gasteiger partial charge in [-0.1, -0.05) is 23.4 Å². The predicted octanol–water partition coefficient (Wildman–Crippen LogP) is 2.06. The van der Waals surface area contributed by atoms with Gasteiger partial charge >= 0.3 is 0 Å². The molecular weight excluding hydrogens is 349 g/mol. The molecule has 1 amide bonds. The highest BCUT2D eigenvalue weighted by atomic mass is 19.1. The minimum Gasteiger partial charge on any atom is -0.365 e. The van der Waals surface area contributed by atoms with Gasteiger partial charge in [0.05, 0.1) is 18.8 Å². The molecule has 1 aliphatic heterocycles. The van der Waals surface area contributed by atoms with Gasteiger partial charge in [-0.25, -0.2) is 9.07 Å². The van der Waals surface area contributed by atoms with Gasteiger partial charge in [0.25, 0.3) is 5.91 Å². The van der Waals surface area contributed by atoms with Gasteiger partial charge in [0, 0.05) is 24.9 Å². The van der Waals surface area contributed by atoms with Crippen molar-refractivity contribution < 1.29 is 13.9 Å². The van der Waals surface area contributed by atoms with E-state index < -0.39 is 0 Å². The fourth-order valence-corrected chi connectivity index (χ4v) is 3.00. The molecule has 0 bridgehead atoms. The Morgan fingerprint density at radius 2 is 2.11 bits per heavy atom. The standard InChI is InChI=1S/C19H18FN5O2/c20-14-6-4-13(5-7-14)17-11-25-16(12-27-17)18(23-24-25)19(26)22-10-8-15-3-1-2-9-21-15/h1-7,9,17H,8,10-12H2,(H,22,26). The van der Waals surface area contributed by atoms with Crippen molar-refractivity contribution in [3.63, 3.8) is 0 Å². The summed E-state index contributed by atoms with van der Waals surface area (Å²) in [7, 11) is 0. The first kappa shape index (κ1) is 17.3. The molecule has 2 aromatic heterocycles. The van der Waals surface area contributed by atoms with E-state index in [1.807, 2.05) is 18.2 Å². The molecule has 3 heterocycles. The van der Waals surface area contributed by atoms with Crippen LogP contribution in [0.1, 0.15) is 33.5 Å². The molecule has 0 saturated carbocycles. The maximum Gasteiger partial charge on any atom is 0.273 e. The van der Waals surface area contributed by atoms with E-state index in [9.17, 15) is 9.18 Å². The molecule has 0 aliphatic carbocycles. The van der Waals surface area contributed by atoms with Crippen LogP contribution in [0, 0.1) is 5.82 Å². The molecule has 0 spiro atoms. The molecule has 1 aromatic carbocycles. The zero-order valence-electron chi connectivity index (χ0n) is 14.5. The Labute approximate surface area is 155 Å². The first-order chi connectivity index (χ1) is 13.2. The number of fused-ring (bicyclic) bond motifs is 1. The summed E-state index contributed by atoms with van der Waals surface area (Å²) in [5.41, 5.74) is 2.68. The largest absolute Gasteiger partial charge is 0.365 e. The zero-order valence-corrected chi connectivity index (χ0v) is 14.5. The molecule has 138 valence electrons. The number of pyridine rings is 1. The van der Waals surface area contributed by atoms with Crippen LogP contribution in [-0.4, -0.2) is 32.4 Å². The molecule has 4 rings (SSSR count). The summed E-state index contributed by atoms with van der Waals surface area (Å²) < 4.78 is 20.6. The van der Waals surface area contributed by atoms with Crippen molar-refractivity contribution in [2.45, 2.75) is 25.7 Å². The summed E-state index contributed by atoms with van der Waals surface area (Å²) in [6.45, 7) is 1.11. The Morgan fingerprint density at radius 1 is 1.26 bits per heavy atom.